The molecule has 104 valence electrons. The van der Waals surface area contributed by atoms with Crippen LogP contribution in [0.25, 0.3) is 0 Å². The summed E-state index contributed by atoms with van der Waals surface area (Å²) in [6.45, 7) is 3.64. The number of hydrogen-bond acceptors (Lipinski definition) is 2. The summed E-state index contributed by atoms with van der Waals surface area (Å²) in [5, 5.41) is 11.3. The Hall–Kier alpha value is -1.98. The minimum atomic E-state index is -1.16. The van der Waals surface area contributed by atoms with E-state index >= 15 is 0 Å². The van der Waals surface area contributed by atoms with Gasteiger partial charge >= 0.3 is 5.97 Å². The summed E-state index contributed by atoms with van der Waals surface area (Å²) >= 11 is 0. The van der Waals surface area contributed by atoms with Crippen molar-refractivity contribution in [3.05, 3.63) is 35.4 Å². The minimum Gasteiger partial charge on any atom is -0.480 e. The molecule has 0 aliphatic carbocycles. The number of rotatable bonds is 5. The van der Waals surface area contributed by atoms with E-state index in [2.05, 4.69) is 5.32 Å². The van der Waals surface area contributed by atoms with Gasteiger partial charge in [0.25, 0.3) is 5.91 Å². The lowest BCUT2D eigenvalue weighted by atomic mass is 10.0. The first-order valence-corrected chi connectivity index (χ1v) is 5.80. The summed E-state index contributed by atoms with van der Waals surface area (Å²) in [5.74, 6) is -4.04. The van der Waals surface area contributed by atoms with Gasteiger partial charge in [-0.05, 0) is 30.5 Å². The quantitative estimate of drug-likeness (QED) is 0.862. The molecule has 1 aromatic rings. The van der Waals surface area contributed by atoms with Gasteiger partial charge in [-0.25, -0.2) is 13.6 Å². The van der Waals surface area contributed by atoms with E-state index in [9.17, 15) is 18.4 Å². The zero-order valence-electron chi connectivity index (χ0n) is 10.6. The Morgan fingerprint density at radius 2 is 1.89 bits per heavy atom. The highest BCUT2D eigenvalue weighted by molar-refractivity contribution is 5.96. The molecule has 1 aromatic carbocycles. The molecule has 0 fully saturated rings. The fourth-order valence-corrected chi connectivity index (χ4v) is 1.57. The van der Waals surface area contributed by atoms with E-state index in [1.807, 2.05) is 13.8 Å². The average Bonchev–Trinajstić information content (AvgIpc) is 2.31. The molecule has 2 N–H and O–H groups in total. The van der Waals surface area contributed by atoms with E-state index in [1.165, 1.54) is 0 Å². The maximum atomic E-state index is 13.0. The summed E-state index contributed by atoms with van der Waals surface area (Å²) in [6, 6.07) is 1.60. The van der Waals surface area contributed by atoms with Crippen LogP contribution in [0.15, 0.2) is 18.2 Å². The van der Waals surface area contributed by atoms with Gasteiger partial charge in [0.1, 0.15) is 6.04 Å². The van der Waals surface area contributed by atoms with Crippen LogP contribution < -0.4 is 5.32 Å². The molecular formula is C13H15F2NO3. The maximum absolute atomic E-state index is 13.0. The Morgan fingerprint density at radius 1 is 1.26 bits per heavy atom. The average molecular weight is 271 g/mol. The predicted molar refractivity (Wildman–Crippen MR) is 64.7 cm³/mol. The number of carbonyl (C=O) groups excluding carboxylic acids is 1. The number of carboxylic acids is 1. The Labute approximate surface area is 109 Å². The van der Waals surface area contributed by atoms with Crippen molar-refractivity contribution in [1.82, 2.24) is 5.32 Å². The molecule has 19 heavy (non-hydrogen) atoms. The van der Waals surface area contributed by atoms with Crippen LogP contribution in [0.4, 0.5) is 8.78 Å². The smallest absolute Gasteiger partial charge is 0.326 e. The molecule has 0 saturated heterocycles. The van der Waals surface area contributed by atoms with E-state index in [0.717, 1.165) is 18.2 Å². The first kappa shape index (κ1) is 15.1. The van der Waals surface area contributed by atoms with Crippen molar-refractivity contribution in [2.45, 2.75) is 26.3 Å². The van der Waals surface area contributed by atoms with Crippen LogP contribution in [0.5, 0.6) is 0 Å². The number of halogens is 2. The highest BCUT2D eigenvalue weighted by atomic mass is 19.2. The van der Waals surface area contributed by atoms with Crippen molar-refractivity contribution >= 4 is 11.9 Å². The van der Waals surface area contributed by atoms with Crippen molar-refractivity contribution < 1.29 is 23.5 Å². The normalized spacial score (nSPS) is 12.3. The van der Waals surface area contributed by atoms with Gasteiger partial charge in [0.2, 0.25) is 0 Å². The summed E-state index contributed by atoms with van der Waals surface area (Å²) in [4.78, 5) is 22.7. The number of carboxylic acid groups (broad SMARTS) is 1. The van der Waals surface area contributed by atoms with Crippen molar-refractivity contribution in [2.75, 3.05) is 0 Å². The zero-order chi connectivity index (χ0) is 14.6. The molecule has 4 nitrogen and oxygen atoms in total. The molecule has 0 saturated carbocycles. The molecule has 0 spiro atoms. The third-order valence-electron chi connectivity index (χ3n) is 2.49. The Kier molecular flexibility index (Phi) is 4.97. The van der Waals surface area contributed by atoms with Crippen molar-refractivity contribution in [1.29, 1.82) is 0 Å². The first-order valence-electron chi connectivity index (χ1n) is 5.80. The van der Waals surface area contributed by atoms with Gasteiger partial charge in [-0.2, -0.15) is 0 Å². The molecule has 0 aliphatic heterocycles. The molecule has 6 heteroatoms. The van der Waals surface area contributed by atoms with Gasteiger partial charge in [-0.3, -0.25) is 4.79 Å². The topological polar surface area (TPSA) is 66.4 Å². The van der Waals surface area contributed by atoms with Crippen LogP contribution >= 0.6 is 0 Å². The Bertz CT molecular complexity index is 489. The summed E-state index contributed by atoms with van der Waals surface area (Å²) < 4.78 is 25.7. The maximum Gasteiger partial charge on any atom is 0.326 e. The number of aliphatic carboxylic acids is 1. The lowest BCUT2D eigenvalue weighted by Gasteiger charge is -2.16. The first-order chi connectivity index (χ1) is 8.81. The van der Waals surface area contributed by atoms with Crippen molar-refractivity contribution in [2.24, 2.45) is 5.92 Å². The third kappa shape index (κ3) is 4.31. The van der Waals surface area contributed by atoms with Gasteiger partial charge < -0.3 is 10.4 Å². The second-order valence-electron chi connectivity index (χ2n) is 4.62. The highest BCUT2D eigenvalue weighted by Gasteiger charge is 2.22. The monoisotopic (exact) mass is 271 g/mol. The molecule has 0 bridgehead atoms. The Morgan fingerprint density at radius 3 is 2.37 bits per heavy atom. The van der Waals surface area contributed by atoms with E-state index in [0.29, 0.717) is 0 Å². The van der Waals surface area contributed by atoms with Crippen LogP contribution in [0.3, 0.4) is 0 Å². The third-order valence-corrected chi connectivity index (χ3v) is 2.49. The van der Waals surface area contributed by atoms with Gasteiger partial charge in [0.05, 0.1) is 0 Å². The SMILES string of the molecule is CC(C)CC(NC(=O)c1ccc(F)c(F)c1)C(=O)O. The van der Waals surface area contributed by atoms with Gasteiger partial charge in [-0.1, -0.05) is 13.8 Å². The molecule has 0 aromatic heterocycles. The number of carbonyl (C=O) groups is 2. The summed E-state index contributed by atoms with van der Waals surface area (Å²) in [5.41, 5.74) is -0.117. The van der Waals surface area contributed by atoms with Crippen LogP contribution in [0.2, 0.25) is 0 Å². The molecule has 1 rings (SSSR count). The molecule has 0 heterocycles. The van der Waals surface area contributed by atoms with Crippen LogP contribution in [-0.2, 0) is 4.79 Å². The van der Waals surface area contributed by atoms with Gasteiger partial charge in [-0.15, -0.1) is 0 Å². The van der Waals surface area contributed by atoms with E-state index in [4.69, 9.17) is 5.11 Å². The standard InChI is InChI=1S/C13H15F2NO3/c1-7(2)5-11(13(18)19)16-12(17)8-3-4-9(14)10(15)6-8/h3-4,6-7,11H,5H2,1-2H3,(H,16,17)(H,18,19). The van der Waals surface area contributed by atoms with Crippen LogP contribution in [0.1, 0.15) is 30.6 Å². The van der Waals surface area contributed by atoms with Crippen LogP contribution in [-0.4, -0.2) is 23.0 Å². The second kappa shape index (κ2) is 6.26. The fraction of sp³-hybridized carbons (Fsp3) is 0.385. The number of benzene rings is 1. The molecule has 1 atom stereocenters. The van der Waals surface area contributed by atoms with E-state index in [1.54, 1.807) is 0 Å². The molecule has 1 unspecified atom stereocenters. The molecule has 0 aliphatic rings. The summed E-state index contributed by atoms with van der Waals surface area (Å²) in [7, 11) is 0. The largest absolute Gasteiger partial charge is 0.480 e. The van der Waals surface area contributed by atoms with Crippen molar-refractivity contribution in [3.63, 3.8) is 0 Å². The second-order valence-corrected chi connectivity index (χ2v) is 4.62. The zero-order valence-corrected chi connectivity index (χ0v) is 10.6. The van der Waals surface area contributed by atoms with E-state index in [-0.39, 0.29) is 17.9 Å². The van der Waals surface area contributed by atoms with Gasteiger partial charge in [0.15, 0.2) is 11.6 Å². The summed E-state index contributed by atoms with van der Waals surface area (Å²) in [6.07, 6.45) is 0.255. The minimum absolute atomic E-state index is 0.0753. The lowest BCUT2D eigenvalue weighted by molar-refractivity contribution is -0.139. The van der Waals surface area contributed by atoms with Crippen LogP contribution in [0, 0.1) is 17.6 Å². The number of nitrogens with one attached hydrogen (secondary N) is 1. The number of amides is 1. The Balaban J connectivity index is 2.81. The molecular weight excluding hydrogens is 256 g/mol. The van der Waals surface area contributed by atoms with Crippen molar-refractivity contribution in [3.8, 4) is 0 Å². The lowest BCUT2D eigenvalue weighted by Crippen LogP contribution is -2.41. The number of hydrogen-bond donors (Lipinski definition) is 2. The molecule has 0 radical (unpaired) electrons. The fourth-order valence-electron chi connectivity index (χ4n) is 1.57. The van der Waals surface area contributed by atoms with E-state index < -0.39 is 29.6 Å². The predicted octanol–water partition coefficient (Wildman–Crippen LogP) is 2.19. The molecule has 1 amide bonds. The van der Waals surface area contributed by atoms with Gasteiger partial charge in [0, 0.05) is 5.56 Å². The highest BCUT2D eigenvalue weighted by Crippen LogP contribution is 2.10.